The number of aryl methyl sites for hydroxylation is 1. The first-order valence-electron chi connectivity index (χ1n) is 11.4. The smallest absolute Gasteiger partial charge is 0.235 e. The van der Waals surface area contributed by atoms with Crippen LogP contribution >= 0.6 is 0 Å². The summed E-state index contributed by atoms with van der Waals surface area (Å²) < 4.78 is 16.6. The molecule has 5 nitrogen and oxygen atoms in total. The minimum absolute atomic E-state index is 0.0130. The zero-order chi connectivity index (χ0) is 23.2. The average Bonchev–Trinajstić information content (AvgIpc) is 3.50. The van der Waals surface area contributed by atoms with Crippen LogP contribution in [0.3, 0.4) is 0 Å². The number of methoxy groups -OCH3 is 1. The van der Waals surface area contributed by atoms with E-state index in [9.17, 15) is 4.79 Å². The molecule has 0 radical (unpaired) electrons. The number of fused-ring (bicyclic) bond motifs is 1. The molecule has 0 atom stereocenters. The Hall–Kier alpha value is -3.47. The minimum atomic E-state index is -0.513. The molecule has 3 aromatic rings. The van der Waals surface area contributed by atoms with Crippen molar-refractivity contribution in [2.24, 2.45) is 0 Å². The molecule has 0 unspecified atom stereocenters. The Bertz CT molecular complexity index is 1230. The topological polar surface area (TPSA) is 56.8 Å². The van der Waals surface area contributed by atoms with Crippen molar-refractivity contribution in [3.8, 4) is 28.4 Å². The molecular formula is C28H29NO4. The number of carbonyl (C=O) groups excluding carboxylic acids is 1. The number of amides is 1. The number of nitrogens with one attached hydrogen (secondary N) is 1. The van der Waals surface area contributed by atoms with Gasteiger partial charge >= 0.3 is 0 Å². The predicted molar refractivity (Wildman–Crippen MR) is 129 cm³/mol. The molecule has 1 N–H and O–H groups in total. The van der Waals surface area contributed by atoms with Crippen LogP contribution in [0.4, 0.5) is 5.69 Å². The normalized spacial score (nSPS) is 15.4. The van der Waals surface area contributed by atoms with Gasteiger partial charge in [-0.2, -0.15) is 0 Å². The Labute approximate surface area is 194 Å². The van der Waals surface area contributed by atoms with Gasteiger partial charge in [0.05, 0.1) is 12.5 Å². The molecule has 170 valence electrons. The zero-order valence-electron chi connectivity index (χ0n) is 19.5. The van der Waals surface area contributed by atoms with Crippen molar-refractivity contribution >= 4 is 11.6 Å². The largest absolute Gasteiger partial charge is 0.496 e. The van der Waals surface area contributed by atoms with E-state index in [0.717, 1.165) is 52.3 Å². The van der Waals surface area contributed by atoms with Crippen LogP contribution in [0, 0.1) is 6.92 Å². The molecule has 33 heavy (non-hydrogen) atoms. The number of hydrogen-bond acceptors (Lipinski definition) is 4. The van der Waals surface area contributed by atoms with Crippen LogP contribution in [0.25, 0.3) is 11.1 Å². The quantitative estimate of drug-likeness (QED) is 0.493. The van der Waals surface area contributed by atoms with Crippen molar-refractivity contribution in [1.29, 1.82) is 0 Å². The Morgan fingerprint density at radius 3 is 2.48 bits per heavy atom. The Balaban J connectivity index is 1.45. The highest BCUT2D eigenvalue weighted by atomic mass is 16.7. The predicted octanol–water partition coefficient (Wildman–Crippen LogP) is 6.19. The molecule has 1 saturated carbocycles. The lowest BCUT2D eigenvalue weighted by atomic mass is 9.93. The van der Waals surface area contributed by atoms with E-state index < -0.39 is 5.41 Å². The third-order valence-corrected chi connectivity index (χ3v) is 6.79. The van der Waals surface area contributed by atoms with Crippen LogP contribution in [0.2, 0.25) is 0 Å². The molecule has 0 bridgehead atoms. The van der Waals surface area contributed by atoms with E-state index in [4.69, 9.17) is 14.2 Å². The van der Waals surface area contributed by atoms with Gasteiger partial charge in [-0.15, -0.1) is 0 Å². The van der Waals surface area contributed by atoms with E-state index >= 15 is 0 Å². The molecule has 1 heterocycles. The maximum Gasteiger partial charge on any atom is 0.235 e. The van der Waals surface area contributed by atoms with E-state index in [1.165, 1.54) is 5.56 Å². The summed E-state index contributed by atoms with van der Waals surface area (Å²) in [6.45, 7) is 6.67. The molecule has 5 heteroatoms. The van der Waals surface area contributed by atoms with Crippen LogP contribution in [0.1, 0.15) is 49.3 Å². The number of hydrogen-bond donors (Lipinski definition) is 1. The second kappa shape index (κ2) is 8.14. The number of anilines is 1. The Kier molecular flexibility index (Phi) is 5.28. The fourth-order valence-corrected chi connectivity index (χ4v) is 4.50. The van der Waals surface area contributed by atoms with Crippen LogP contribution in [-0.2, 0) is 10.2 Å². The van der Waals surface area contributed by atoms with Gasteiger partial charge < -0.3 is 19.5 Å². The van der Waals surface area contributed by atoms with Crippen molar-refractivity contribution < 1.29 is 19.0 Å². The van der Waals surface area contributed by atoms with Crippen LogP contribution < -0.4 is 19.5 Å². The molecule has 5 rings (SSSR count). The summed E-state index contributed by atoms with van der Waals surface area (Å²) in [4.78, 5) is 13.4. The lowest BCUT2D eigenvalue weighted by molar-refractivity contribution is -0.118. The van der Waals surface area contributed by atoms with E-state index in [1.54, 1.807) is 7.11 Å². The molecule has 3 aromatic carbocycles. The molecule has 1 fully saturated rings. The van der Waals surface area contributed by atoms with E-state index in [2.05, 4.69) is 38.2 Å². The maximum atomic E-state index is 13.4. The van der Waals surface area contributed by atoms with Gasteiger partial charge in [-0.05, 0) is 84.3 Å². The van der Waals surface area contributed by atoms with Crippen molar-refractivity contribution in [1.82, 2.24) is 0 Å². The lowest BCUT2D eigenvalue weighted by Gasteiger charge is -2.18. The third-order valence-electron chi connectivity index (χ3n) is 6.79. The van der Waals surface area contributed by atoms with Crippen molar-refractivity contribution in [2.45, 2.75) is 44.9 Å². The van der Waals surface area contributed by atoms with Gasteiger partial charge in [-0.1, -0.05) is 32.0 Å². The van der Waals surface area contributed by atoms with Gasteiger partial charge in [0.1, 0.15) is 5.75 Å². The van der Waals surface area contributed by atoms with E-state index in [1.807, 2.05) is 42.5 Å². The summed E-state index contributed by atoms with van der Waals surface area (Å²) in [5, 5.41) is 3.17. The van der Waals surface area contributed by atoms with E-state index in [-0.39, 0.29) is 12.7 Å². The van der Waals surface area contributed by atoms with Gasteiger partial charge in [-0.3, -0.25) is 4.79 Å². The summed E-state index contributed by atoms with van der Waals surface area (Å²) in [7, 11) is 1.69. The first-order chi connectivity index (χ1) is 15.9. The van der Waals surface area contributed by atoms with Gasteiger partial charge in [-0.25, -0.2) is 0 Å². The zero-order valence-corrected chi connectivity index (χ0v) is 19.5. The molecule has 0 saturated heterocycles. The molecule has 0 spiro atoms. The van der Waals surface area contributed by atoms with E-state index in [0.29, 0.717) is 11.7 Å². The monoisotopic (exact) mass is 443 g/mol. The molecule has 1 amide bonds. The summed E-state index contributed by atoms with van der Waals surface area (Å²) in [6.07, 6.45) is 1.64. The van der Waals surface area contributed by atoms with Gasteiger partial charge in [0, 0.05) is 11.3 Å². The van der Waals surface area contributed by atoms with Crippen LogP contribution in [0.15, 0.2) is 54.6 Å². The molecular weight excluding hydrogens is 414 g/mol. The average molecular weight is 444 g/mol. The first kappa shape index (κ1) is 21.4. The maximum absolute atomic E-state index is 13.4. The standard InChI is InChI=1S/C28H29NO4/c1-17(2)19-6-9-24(31-4)23(13-19)22-15-21(8-5-18(22)3)29-27(30)28(11-12-28)20-7-10-25-26(14-20)33-16-32-25/h5-10,13-15,17H,11-12,16H2,1-4H3,(H,29,30). The number of rotatable bonds is 6. The summed E-state index contributed by atoms with van der Waals surface area (Å²) >= 11 is 0. The summed E-state index contributed by atoms with van der Waals surface area (Å²) in [6, 6.07) is 18.2. The molecule has 0 aromatic heterocycles. The highest BCUT2D eigenvalue weighted by Crippen LogP contribution is 2.51. The summed E-state index contributed by atoms with van der Waals surface area (Å²) in [5.74, 6) is 2.69. The van der Waals surface area contributed by atoms with Crippen LogP contribution in [0.5, 0.6) is 17.2 Å². The molecule has 1 aliphatic heterocycles. The first-order valence-corrected chi connectivity index (χ1v) is 11.4. The lowest BCUT2D eigenvalue weighted by Crippen LogP contribution is -2.27. The van der Waals surface area contributed by atoms with Crippen LogP contribution in [-0.4, -0.2) is 19.8 Å². The Morgan fingerprint density at radius 2 is 1.76 bits per heavy atom. The van der Waals surface area contributed by atoms with Crippen molar-refractivity contribution in [2.75, 3.05) is 19.2 Å². The Morgan fingerprint density at radius 1 is 0.970 bits per heavy atom. The number of ether oxygens (including phenoxy) is 3. The number of benzene rings is 3. The second-order valence-corrected chi connectivity index (χ2v) is 9.25. The molecule has 2 aliphatic rings. The summed E-state index contributed by atoms with van der Waals surface area (Å²) in [5.41, 5.74) is 5.71. The van der Waals surface area contributed by atoms with Crippen molar-refractivity contribution in [3.05, 3.63) is 71.3 Å². The highest BCUT2D eigenvalue weighted by Gasteiger charge is 2.51. The van der Waals surface area contributed by atoms with Gasteiger partial charge in [0.2, 0.25) is 12.7 Å². The second-order valence-electron chi connectivity index (χ2n) is 9.25. The van der Waals surface area contributed by atoms with Crippen molar-refractivity contribution in [3.63, 3.8) is 0 Å². The molecule has 1 aliphatic carbocycles. The minimum Gasteiger partial charge on any atom is -0.496 e. The SMILES string of the molecule is COc1ccc(C(C)C)cc1-c1cc(NC(=O)C2(c3ccc4c(c3)OCO4)CC2)ccc1C. The number of carbonyl (C=O) groups is 1. The van der Waals surface area contributed by atoms with Gasteiger partial charge in [0.15, 0.2) is 11.5 Å². The van der Waals surface area contributed by atoms with Gasteiger partial charge in [0.25, 0.3) is 0 Å². The fourth-order valence-electron chi connectivity index (χ4n) is 4.50. The fraction of sp³-hybridized carbons (Fsp3) is 0.321. The third kappa shape index (κ3) is 3.82. The highest BCUT2D eigenvalue weighted by molar-refractivity contribution is 6.02.